The molecule has 17 heavy (non-hydrogen) atoms. The molecule has 0 spiro atoms. The van der Waals surface area contributed by atoms with Crippen LogP contribution in [0.15, 0.2) is 24.3 Å². The first-order valence-corrected chi connectivity index (χ1v) is 6.20. The van der Waals surface area contributed by atoms with Gasteiger partial charge in [-0.15, -0.1) is 0 Å². The molecule has 0 bridgehead atoms. The molecule has 0 aliphatic heterocycles. The molecule has 0 unspecified atom stereocenters. The molecular weight excluding hydrogens is 212 g/mol. The molecule has 0 saturated carbocycles. The molecule has 94 valence electrons. The van der Waals surface area contributed by atoms with Crippen molar-refractivity contribution in [2.75, 3.05) is 6.54 Å². The number of carbonyl (C=O) groups excluding carboxylic acids is 1. The van der Waals surface area contributed by atoms with Crippen molar-refractivity contribution in [2.24, 2.45) is 11.7 Å². The van der Waals surface area contributed by atoms with Crippen molar-refractivity contribution in [3.63, 3.8) is 0 Å². The Labute approximate surface area is 103 Å². The fourth-order valence-corrected chi connectivity index (χ4v) is 1.65. The number of benzene rings is 1. The zero-order valence-corrected chi connectivity index (χ0v) is 10.7. The van der Waals surface area contributed by atoms with Gasteiger partial charge >= 0.3 is 0 Å². The van der Waals surface area contributed by atoms with Crippen LogP contribution in [0.5, 0.6) is 0 Å². The Hall–Kier alpha value is -1.35. The van der Waals surface area contributed by atoms with Gasteiger partial charge in [-0.1, -0.05) is 26.0 Å². The minimum atomic E-state index is -0.0101. The summed E-state index contributed by atoms with van der Waals surface area (Å²) in [4.78, 5) is 11.8. The van der Waals surface area contributed by atoms with Crippen LogP contribution in [-0.4, -0.2) is 12.5 Å². The molecule has 1 amide bonds. The van der Waals surface area contributed by atoms with Gasteiger partial charge in [0, 0.05) is 18.7 Å². The SMILES string of the molecule is CC(C)CCCNC(=O)c1cccc(CN)c1. The maximum Gasteiger partial charge on any atom is 0.251 e. The Morgan fingerprint density at radius 3 is 2.82 bits per heavy atom. The van der Waals surface area contributed by atoms with E-state index in [0.717, 1.165) is 24.9 Å². The van der Waals surface area contributed by atoms with Crippen molar-refractivity contribution in [1.82, 2.24) is 5.32 Å². The molecule has 1 aromatic rings. The Kier molecular flexibility index (Phi) is 5.70. The molecule has 0 fully saturated rings. The lowest BCUT2D eigenvalue weighted by atomic mass is 10.1. The number of hydrogen-bond acceptors (Lipinski definition) is 2. The minimum absolute atomic E-state index is 0.0101. The maximum absolute atomic E-state index is 11.8. The van der Waals surface area contributed by atoms with Crippen LogP contribution in [0.3, 0.4) is 0 Å². The van der Waals surface area contributed by atoms with Crippen LogP contribution in [0.4, 0.5) is 0 Å². The first kappa shape index (κ1) is 13.7. The molecule has 0 aromatic heterocycles. The van der Waals surface area contributed by atoms with Crippen molar-refractivity contribution in [1.29, 1.82) is 0 Å². The summed E-state index contributed by atoms with van der Waals surface area (Å²) in [5.41, 5.74) is 7.22. The summed E-state index contributed by atoms with van der Waals surface area (Å²) < 4.78 is 0. The molecule has 1 aromatic carbocycles. The van der Waals surface area contributed by atoms with Crippen molar-refractivity contribution >= 4 is 5.91 Å². The first-order chi connectivity index (χ1) is 8.13. The van der Waals surface area contributed by atoms with E-state index in [9.17, 15) is 4.79 Å². The van der Waals surface area contributed by atoms with E-state index >= 15 is 0 Å². The summed E-state index contributed by atoms with van der Waals surface area (Å²) in [6.07, 6.45) is 2.17. The van der Waals surface area contributed by atoms with Gasteiger partial charge in [-0.25, -0.2) is 0 Å². The van der Waals surface area contributed by atoms with Crippen molar-refractivity contribution in [2.45, 2.75) is 33.2 Å². The summed E-state index contributed by atoms with van der Waals surface area (Å²) >= 11 is 0. The predicted octanol–water partition coefficient (Wildman–Crippen LogP) is 2.31. The molecule has 1 rings (SSSR count). The van der Waals surface area contributed by atoms with E-state index in [1.54, 1.807) is 0 Å². The van der Waals surface area contributed by atoms with Crippen molar-refractivity contribution < 1.29 is 4.79 Å². The lowest BCUT2D eigenvalue weighted by Crippen LogP contribution is -2.24. The summed E-state index contributed by atoms with van der Waals surface area (Å²) in [6, 6.07) is 7.45. The predicted molar refractivity (Wildman–Crippen MR) is 70.7 cm³/mol. The first-order valence-electron chi connectivity index (χ1n) is 6.20. The van der Waals surface area contributed by atoms with Crippen LogP contribution in [-0.2, 0) is 6.54 Å². The zero-order valence-electron chi connectivity index (χ0n) is 10.7. The lowest BCUT2D eigenvalue weighted by molar-refractivity contribution is 0.0952. The molecule has 0 heterocycles. The van der Waals surface area contributed by atoms with Crippen molar-refractivity contribution in [3.8, 4) is 0 Å². The lowest BCUT2D eigenvalue weighted by Gasteiger charge is -2.07. The van der Waals surface area contributed by atoms with Gasteiger partial charge in [0.15, 0.2) is 0 Å². The van der Waals surface area contributed by atoms with Gasteiger partial charge in [0.2, 0.25) is 0 Å². The summed E-state index contributed by atoms with van der Waals surface area (Å²) in [6.45, 7) is 5.58. The molecule has 3 nitrogen and oxygen atoms in total. The van der Waals surface area contributed by atoms with Crippen molar-refractivity contribution in [3.05, 3.63) is 35.4 Å². The summed E-state index contributed by atoms with van der Waals surface area (Å²) in [5, 5.41) is 2.93. The average Bonchev–Trinajstić information content (AvgIpc) is 2.34. The molecule has 0 aliphatic rings. The number of nitrogens with one attached hydrogen (secondary N) is 1. The van der Waals surface area contributed by atoms with Gasteiger partial charge in [-0.3, -0.25) is 4.79 Å². The monoisotopic (exact) mass is 234 g/mol. The topological polar surface area (TPSA) is 55.1 Å². The van der Waals surface area contributed by atoms with E-state index < -0.39 is 0 Å². The van der Waals surface area contributed by atoms with Gasteiger partial charge in [-0.05, 0) is 36.5 Å². The number of carbonyl (C=O) groups is 1. The maximum atomic E-state index is 11.8. The van der Waals surface area contributed by atoms with E-state index in [-0.39, 0.29) is 5.91 Å². The largest absolute Gasteiger partial charge is 0.352 e. The second kappa shape index (κ2) is 7.07. The van der Waals surface area contributed by atoms with E-state index in [1.165, 1.54) is 0 Å². The molecule has 3 heteroatoms. The third-order valence-electron chi connectivity index (χ3n) is 2.67. The van der Waals surface area contributed by atoms with Crippen LogP contribution in [0, 0.1) is 5.92 Å². The highest BCUT2D eigenvalue weighted by Crippen LogP contribution is 2.05. The molecule has 0 aliphatic carbocycles. The van der Waals surface area contributed by atoms with Gasteiger partial charge in [0.1, 0.15) is 0 Å². The third kappa shape index (κ3) is 5.00. The highest BCUT2D eigenvalue weighted by atomic mass is 16.1. The fraction of sp³-hybridized carbons (Fsp3) is 0.500. The normalized spacial score (nSPS) is 10.6. The number of rotatable bonds is 6. The van der Waals surface area contributed by atoms with Gasteiger partial charge in [0.05, 0.1) is 0 Å². The minimum Gasteiger partial charge on any atom is -0.352 e. The highest BCUT2D eigenvalue weighted by molar-refractivity contribution is 5.94. The zero-order chi connectivity index (χ0) is 12.7. The molecule has 0 atom stereocenters. The Morgan fingerprint density at radius 1 is 1.41 bits per heavy atom. The molecule has 0 saturated heterocycles. The second-order valence-electron chi connectivity index (χ2n) is 4.70. The third-order valence-corrected chi connectivity index (χ3v) is 2.67. The fourth-order valence-electron chi connectivity index (χ4n) is 1.65. The van der Waals surface area contributed by atoms with E-state index in [4.69, 9.17) is 5.73 Å². The standard InChI is InChI=1S/C14H22N2O/c1-11(2)5-4-8-16-14(17)13-7-3-6-12(9-13)10-15/h3,6-7,9,11H,4-5,8,10,15H2,1-2H3,(H,16,17). The van der Waals surface area contributed by atoms with E-state index in [2.05, 4.69) is 19.2 Å². The van der Waals surface area contributed by atoms with Crippen LogP contribution in [0.25, 0.3) is 0 Å². The number of nitrogens with two attached hydrogens (primary N) is 1. The smallest absolute Gasteiger partial charge is 0.251 e. The molecule has 0 radical (unpaired) electrons. The van der Waals surface area contributed by atoms with Crippen LogP contribution in [0.1, 0.15) is 42.6 Å². The quantitative estimate of drug-likeness (QED) is 0.742. The molecular formula is C14H22N2O. The van der Waals surface area contributed by atoms with E-state index in [0.29, 0.717) is 18.0 Å². The summed E-state index contributed by atoms with van der Waals surface area (Å²) in [5.74, 6) is 0.677. The molecule has 3 N–H and O–H groups in total. The van der Waals surface area contributed by atoms with Gasteiger partial charge in [-0.2, -0.15) is 0 Å². The Bertz CT molecular complexity index is 361. The van der Waals surface area contributed by atoms with E-state index in [1.807, 2.05) is 24.3 Å². The Balaban J connectivity index is 2.41. The average molecular weight is 234 g/mol. The number of amides is 1. The summed E-state index contributed by atoms with van der Waals surface area (Å²) in [7, 11) is 0. The van der Waals surface area contributed by atoms with Gasteiger partial charge in [0.25, 0.3) is 5.91 Å². The van der Waals surface area contributed by atoms with Gasteiger partial charge < -0.3 is 11.1 Å². The number of hydrogen-bond donors (Lipinski definition) is 2. The van der Waals surface area contributed by atoms with Crippen LogP contribution in [0.2, 0.25) is 0 Å². The van der Waals surface area contributed by atoms with Crippen LogP contribution >= 0.6 is 0 Å². The van der Waals surface area contributed by atoms with Crippen LogP contribution < -0.4 is 11.1 Å². The highest BCUT2D eigenvalue weighted by Gasteiger charge is 2.05. The second-order valence-corrected chi connectivity index (χ2v) is 4.70. The Morgan fingerprint density at radius 2 is 2.18 bits per heavy atom.